The van der Waals surface area contributed by atoms with Gasteiger partial charge in [0.25, 0.3) is 0 Å². The molecule has 3 aromatic rings. The molecule has 0 aliphatic heterocycles. The predicted octanol–water partition coefficient (Wildman–Crippen LogP) is 6.48. The number of carboxylic acid groups (broad SMARTS) is 1. The summed E-state index contributed by atoms with van der Waals surface area (Å²) in [5.74, 6) is -2.76. The number of urea groups is 1. The van der Waals surface area contributed by atoms with Crippen LogP contribution in [0.25, 0.3) is 11.1 Å². The van der Waals surface area contributed by atoms with Crippen molar-refractivity contribution in [2.45, 2.75) is 18.9 Å². The van der Waals surface area contributed by atoms with Crippen molar-refractivity contribution in [1.29, 1.82) is 0 Å². The fraction of sp³-hybridized carbons (Fsp3) is 0.136. The summed E-state index contributed by atoms with van der Waals surface area (Å²) in [5, 5.41) is 12.4. The molecule has 0 spiro atoms. The lowest BCUT2D eigenvalue weighted by Crippen LogP contribution is -2.28. The summed E-state index contributed by atoms with van der Waals surface area (Å²) in [4.78, 5) is 24.9. The molecule has 186 valence electrons. The number of hydrogen-bond acceptors (Lipinski definition) is 3. The van der Waals surface area contributed by atoms with E-state index < -0.39 is 29.9 Å². The standard InChI is InChI=1S/C20H15BrF3N3O.C2HF3O2/c21-18-6-2-1-5-16(18)17-10-14(20(22,23)24)8-7-13(17)11-26-19(28)27-15-4-3-9-25-12-15;3-2(4,5)1(6)7/h1-10,12H,11H2,(H2,26,27,28);(H,6,7). The molecular weight excluding hydrogens is 548 g/mol. The summed E-state index contributed by atoms with van der Waals surface area (Å²) in [6.07, 6.45) is -6.47. The van der Waals surface area contributed by atoms with E-state index in [9.17, 15) is 31.1 Å². The fourth-order valence-electron chi connectivity index (χ4n) is 2.62. The summed E-state index contributed by atoms with van der Waals surface area (Å²) in [5.41, 5.74) is 1.32. The molecular formula is C22H16BrF6N3O3. The Morgan fingerprint density at radius 3 is 2.14 bits per heavy atom. The van der Waals surface area contributed by atoms with Crippen LogP contribution in [-0.2, 0) is 17.5 Å². The molecule has 35 heavy (non-hydrogen) atoms. The van der Waals surface area contributed by atoms with Gasteiger partial charge in [-0.25, -0.2) is 9.59 Å². The highest BCUT2D eigenvalue weighted by molar-refractivity contribution is 9.10. The Balaban J connectivity index is 0.000000540. The number of nitrogens with zero attached hydrogens (tertiary/aromatic N) is 1. The number of nitrogens with one attached hydrogen (secondary N) is 2. The first-order chi connectivity index (χ1) is 16.3. The Hall–Kier alpha value is -3.61. The van der Waals surface area contributed by atoms with Gasteiger partial charge in [0.1, 0.15) is 0 Å². The molecule has 3 rings (SSSR count). The molecule has 0 atom stereocenters. The molecule has 2 aromatic carbocycles. The Morgan fingerprint density at radius 2 is 1.60 bits per heavy atom. The third-order valence-corrected chi connectivity index (χ3v) is 4.89. The maximum Gasteiger partial charge on any atom is 0.490 e. The zero-order chi connectivity index (χ0) is 26.2. The van der Waals surface area contributed by atoms with Crippen LogP contribution in [0.1, 0.15) is 11.1 Å². The van der Waals surface area contributed by atoms with E-state index in [0.717, 1.165) is 12.1 Å². The van der Waals surface area contributed by atoms with Crippen LogP contribution < -0.4 is 10.6 Å². The second-order valence-electron chi connectivity index (χ2n) is 6.70. The maximum absolute atomic E-state index is 13.2. The lowest BCUT2D eigenvalue weighted by molar-refractivity contribution is -0.192. The predicted molar refractivity (Wildman–Crippen MR) is 118 cm³/mol. The highest BCUT2D eigenvalue weighted by Gasteiger charge is 2.38. The second kappa shape index (κ2) is 11.7. The Kier molecular flexibility index (Phi) is 9.23. The molecule has 2 amide bonds. The molecule has 1 aromatic heterocycles. The van der Waals surface area contributed by atoms with Crippen molar-refractivity contribution in [1.82, 2.24) is 10.3 Å². The van der Waals surface area contributed by atoms with Crippen molar-refractivity contribution in [2.24, 2.45) is 0 Å². The number of carboxylic acids is 1. The van der Waals surface area contributed by atoms with Crippen LogP contribution in [0.15, 0.2) is 71.5 Å². The van der Waals surface area contributed by atoms with Gasteiger partial charge < -0.3 is 15.7 Å². The van der Waals surface area contributed by atoms with Crippen molar-refractivity contribution in [3.8, 4) is 11.1 Å². The van der Waals surface area contributed by atoms with Crippen molar-refractivity contribution in [3.05, 3.63) is 82.6 Å². The van der Waals surface area contributed by atoms with E-state index in [-0.39, 0.29) is 6.54 Å². The largest absolute Gasteiger partial charge is 0.490 e. The average molecular weight is 564 g/mol. The molecule has 0 bridgehead atoms. The van der Waals surface area contributed by atoms with Crippen LogP contribution in [0.3, 0.4) is 0 Å². The van der Waals surface area contributed by atoms with Gasteiger partial charge in [-0.05, 0) is 47.0 Å². The number of halogens is 7. The van der Waals surface area contributed by atoms with Crippen LogP contribution in [0.2, 0.25) is 0 Å². The van der Waals surface area contributed by atoms with E-state index >= 15 is 0 Å². The van der Waals surface area contributed by atoms with Gasteiger partial charge in [-0.3, -0.25) is 4.98 Å². The number of benzene rings is 2. The molecule has 0 unspecified atom stereocenters. The first-order valence-electron chi connectivity index (χ1n) is 9.49. The number of rotatable bonds is 4. The van der Waals surface area contributed by atoms with E-state index in [0.29, 0.717) is 26.9 Å². The molecule has 0 saturated heterocycles. The SMILES string of the molecule is O=C(NCc1ccc(C(F)(F)F)cc1-c1ccccc1Br)Nc1cccnc1.O=C(O)C(F)(F)F. The zero-order valence-electron chi connectivity index (χ0n) is 17.4. The highest BCUT2D eigenvalue weighted by Crippen LogP contribution is 2.36. The first-order valence-corrected chi connectivity index (χ1v) is 10.3. The van der Waals surface area contributed by atoms with E-state index in [2.05, 4.69) is 31.5 Å². The first kappa shape index (κ1) is 27.6. The van der Waals surface area contributed by atoms with Gasteiger partial charge in [-0.1, -0.05) is 40.2 Å². The minimum absolute atomic E-state index is 0.0564. The van der Waals surface area contributed by atoms with Gasteiger partial charge in [-0.2, -0.15) is 26.3 Å². The van der Waals surface area contributed by atoms with Crippen molar-refractivity contribution in [3.63, 3.8) is 0 Å². The zero-order valence-corrected chi connectivity index (χ0v) is 19.0. The van der Waals surface area contributed by atoms with Crippen molar-refractivity contribution < 1.29 is 41.0 Å². The number of amides is 2. The summed E-state index contributed by atoms with van der Waals surface area (Å²) in [6.45, 7) is 0.0564. The number of alkyl halides is 6. The quantitative estimate of drug-likeness (QED) is 0.317. The third kappa shape index (κ3) is 8.59. The van der Waals surface area contributed by atoms with Crippen LogP contribution in [0, 0.1) is 0 Å². The Labute approximate surface area is 203 Å². The maximum atomic E-state index is 13.2. The third-order valence-electron chi connectivity index (χ3n) is 4.20. The monoisotopic (exact) mass is 563 g/mol. The molecule has 0 fully saturated rings. The molecule has 3 N–H and O–H groups in total. The van der Waals surface area contributed by atoms with Crippen LogP contribution in [0.4, 0.5) is 36.8 Å². The van der Waals surface area contributed by atoms with Crippen LogP contribution in [-0.4, -0.2) is 28.3 Å². The van der Waals surface area contributed by atoms with Gasteiger partial charge in [0.15, 0.2) is 0 Å². The topological polar surface area (TPSA) is 91.3 Å². The minimum atomic E-state index is -5.08. The fourth-order valence-corrected chi connectivity index (χ4v) is 3.12. The summed E-state index contributed by atoms with van der Waals surface area (Å²) < 4.78 is 71.9. The normalized spacial score (nSPS) is 11.2. The van der Waals surface area contributed by atoms with Crippen LogP contribution >= 0.6 is 15.9 Å². The number of aliphatic carboxylic acids is 1. The second-order valence-corrected chi connectivity index (χ2v) is 7.56. The lowest BCUT2D eigenvalue weighted by Gasteiger charge is -2.16. The summed E-state index contributed by atoms with van der Waals surface area (Å²) in [6, 6.07) is 13.3. The molecule has 0 saturated carbocycles. The number of hydrogen-bond donors (Lipinski definition) is 3. The molecule has 1 heterocycles. The van der Waals surface area contributed by atoms with E-state index in [4.69, 9.17) is 9.90 Å². The Bertz CT molecular complexity index is 1170. The molecule has 0 aliphatic carbocycles. The van der Waals surface area contributed by atoms with Crippen molar-refractivity contribution in [2.75, 3.05) is 5.32 Å². The molecule has 0 radical (unpaired) electrons. The van der Waals surface area contributed by atoms with Crippen molar-refractivity contribution >= 4 is 33.6 Å². The number of anilines is 1. The average Bonchev–Trinajstić information content (AvgIpc) is 2.78. The van der Waals surface area contributed by atoms with Gasteiger partial charge in [0, 0.05) is 17.2 Å². The summed E-state index contributed by atoms with van der Waals surface area (Å²) in [7, 11) is 0. The number of carbonyl (C=O) groups is 2. The lowest BCUT2D eigenvalue weighted by atomic mass is 9.97. The number of carbonyl (C=O) groups excluding carboxylic acids is 1. The Morgan fingerprint density at radius 1 is 0.943 bits per heavy atom. The summed E-state index contributed by atoms with van der Waals surface area (Å²) >= 11 is 3.38. The van der Waals surface area contributed by atoms with E-state index in [1.54, 1.807) is 42.6 Å². The van der Waals surface area contributed by atoms with Gasteiger partial charge in [0.2, 0.25) is 0 Å². The highest BCUT2D eigenvalue weighted by atomic mass is 79.9. The van der Waals surface area contributed by atoms with Gasteiger partial charge in [0.05, 0.1) is 17.4 Å². The minimum Gasteiger partial charge on any atom is -0.475 e. The molecule has 13 heteroatoms. The van der Waals surface area contributed by atoms with Gasteiger partial charge >= 0.3 is 24.4 Å². The smallest absolute Gasteiger partial charge is 0.475 e. The number of pyridine rings is 1. The van der Waals surface area contributed by atoms with E-state index in [1.807, 2.05) is 0 Å². The van der Waals surface area contributed by atoms with Gasteiger partial charge in [-0.15, -0.1) is 0 Å². The molecule has 0 aliphatic rings. The van der Waals surface area contributed by atoms with Crippen LogP contribution in [0.5, 0.6) is 0 Å². The number of aromatic nitrogens is 1. The molecule has 6 nitrogen and oxygen atoms in total. The van der Waals surface area contributed by atoms with E-state index in [1.165, 1.54) is 12.3 Å².